The molecule has 1 aliphatic rings. The summed E-state index contributed by atoms with van der Waals surface area (Å²) >= 11 is 0. The molecule has 3 heteroatoms. The fourth-order valence-corrected chi connectivity index (χ4v) is 2.58. The molecule has 1 aromatic heterocycles. The highest BCUT2D eigenvalue weighted by Crippen LogP contribution is 2.22. The predicted octanol–water partition coefficient (Wildman–Crippen LogP) is 2.75. The summed E-state index contributed by atoms with van der Waals surface area (Å²) in [5.41, 5.74) is 1.31. The lowest BCUT2D eigenvalue weighted by molar-refractivity contribution is 0.175. The normalized spacial score (nSPS) is 18.2. The number of hydrogen-bond acceptors (Lipinski definition) is 3. The molecule has 3 nitrogen and oxygen atoms in total. The molecule has 1 aliphatic heterocycles. The standard InChI is InChI=1S/C14H23N3/c1-3-12-6-9-17(10-7-12)11-13-5-4-8-16-14(13)15-2/h4-5,8,12H,3,6-7,9-11H2,1-2H3,(H,15,16). The molecule has 0 unspecified atom stereocenters. The number of likely N-dealkylation sites (tertiary alicyclic amines) is 1. The highest BCUT2D eigenvalue weighted by Gasteiger charge is 2.18. The smallest absolute Gasteiger partial charge is 0.130 e. The quantitative estimate of drug-likeness (QED) is 0.866. The van der Waals surface area contributed by atoms with E-state index in [0.717, 1.165) is 18.3 Å². The Hall–Kier alpha value is -1.09. The van der Waals surface area contributed by atoms with Gasteiger partial charge >= 0.3 is 0 Å². The van der Waals surface area contributed by atoms with Crippen molar-refractivity contribution in [2.75, 3.05) is 25.5 Å². The van der Waals surface area contributed by atoms with E-state index in [2.05, 4.69) is 28.2 Å². The minimum absolute atomic E-state index is 0.948. The molecule has 17 heavy (non-hydrogen) atoms. The lowest BCUT2D eigenvalue weighted by Crippen LogP contribution is -2.33. The van der Waals surface area contributed by atoms with E-state index in [0.29, 0.717) is 0 Å². The monoisotopic (exact) mass is 233 g/mol. The van der Waals surface area contributed by atoms with Crippen molar-refractivity contribution in [3.63, 3.8) is 0 Å². The molecule has 0 bridgehead atoms. The third-order valence-corrected chi connectivity index (χ3v) is 3.81. The van der Waals surface area contributed by atoms with Crippen molar-refractivity contribution in [3.8, 4) is 0 Å². The minimum Gasteiger partial charge on any atom is -0.373 e. The van der Waals surface area contributed by atoms with Gasteiger partial charge in [0.15, 0.2) is 0 Å². The first-order valence-corrected chi connectivity index (χ1v) is 6.67. The van der Waals surface area contributed by atoms with E-state index in [4.69, 9.17) is 0 Å². The van der Waals surface area contributed by atoms with Crippen molar-refractivity contribution < 1.29 is 0 Å². The van der Waals surface area contributed by atoms with Crippen LogP contribution in [0.4, 0.5) is 5.82 Å². The molecule has 1 aromatic rings. The Morgan fingerprint density at radius 2 is 2.18 bits per heavy atom. The summed E-state index contributed by atoms with van der Waals surface area (Å²) in [5.74, 6) is 1.97. The molecule has 0 saturated carbocycles. The van der Waals surface area contributed by atoms with Gasteiger partial charge in [0.1, 0.15) is 5.82 Å². The Kier molecular flexibility index (Phi) is 4.37. The van der Waals surface area contributed by atoms with Crippen LogP contribution in [0.1, 0.15) is 31.7 Å². The largest absolute Gasteiger partial charge is 0.373 e. The van der Waals surface area contributed by atoms with Crippen LogP contribution in [0.3, 0.4) is 0 Å². The predicted molar refractivity (Wildman–Crippen MR) is 72.1 cm³/mol. The molecule has 1 saturated heterocycles. The highest BCUT2D eigenvalue weighted by atomic mass is 15.1. The van der Waals surface area contributed by atoms with Crippen LogP contribution in [0.15, 0.2) is 18.3 Å². The van der Waals surface area contributed by atoms with E-state index in [1.54, 1.807) is 0 Å². The zero-order valence-corrected chi connectivity index (χ0v) is 10.9. The van der Waals surface area contributed by atoms with Crippen LogP contribution < -0.4 is 5.32 Å². The average Bonchev–Trinajstić information content (AvgIpc) is 2.40. The fraction of sp³-hybridized carbons (Fsp3) is 0.643. The first kappa shape index (κ1) is 12.4. The molecule has 94 valence electrons. The van der Waals surface area contributed by atoms with E-state index >= 15 is 0 Å². The van der Waals surface area contributed by atoms with Crippen LogP contribution in [0, 0.1) is 5.92 Å². The van der Waals surface area contributed by atoms with Gasteiger partial charge in [-0.2, -0.15) is 0 Å². The van der Waals surface area contributed by atoms with Crippen LogP contribution >= 0.6 is 0 Å². The molecular formula is C14H23N3. The van der Waals surface area contributed by atoms with Gasteiger partial charge in [0.05, 0.1) is 0 Å². The van der Waals surface area contributed by atoms with Gasteiger partial charge in [0, 0.05) is 25.4 Å². The van der Waals surface area contributed by atoms with E-state index < -0.39 is 0 Å². The summed E-state index contributed by atoms with van der Waals surface area (Å²) < 4.78 is 0. The molecule has 2 rings (SSSR count). The molecule has 0 radical (unpaired) electrons. The number of piperidine rings is 1. The number of anilines is 1. The Labute approximate surface area is 104 Å². The summed E-state index contributed by atoms with van der Waals surface area (Å²) in [5, 5.41) is 3.17. The van der Waals surface area contributed by atoms with Gasteiger partial charge < -0.3 is 5.32 Å². The third kappa shape index (κ3) is 3.19. The molecule has 2 heterocycles. The number of rotatable bonds is 4. The number of aromatic nitrogens is 1. The SMILES string of the molecule is CCC1CCN(Cc2cccnc2NC)CC1. The summed E-state index contributed by atoms with van der Waals surface area (Å²) in [4.78, 5) is 6.90. The molecule has 0 atom stereocenters. The van der Waals surface area contributed by atoms with Gasteiger partial charge in [0.25, 0.3) is 0 Å². The Bertz CT molecular complexity index is 343. The summed E-state index contributed by atoms with van der Waals surface area (Å²) in [6, 6.07) is 4.19. The molecule has 0 aliphatic carbocycles. The second kappa shape index (κ2) is 6.01. The van der Waals surface area contributed by atoms with Crippen molar-refractivity contribution >= 4 is 5.82 Å². The van der Waals surface area contributed by atoms with Gasteiger partial charge in [-0.05, 0) is 37.9 Å². The number of nitrogens with zero attached hydrogens (tertiary/aromatic N) is 2. The summed E-state index contributed by atoms with van der Waals surface area (Å²) in [6.07, 6.45) is 5.89. The molecular weight excluding hydrogens is 210 g/mol. The molecule has 0 aromatic carbocycles. The van der Waals surface area contributed by atoms with Crippen molar-refractivity contribution in [1.82, 2.24) is 9.88 Å². The van der Waals surface area contributed by atoms with E-state index in [1.165, 1.54) is 37.9 Å². The lowest BCUT2D eigenvalue weighted by Gasteiger charge is -2.31. The first-order chi connectivity index (χ1) is 8.33. The van der Waals surface area contributed by atoms with E-state index in [1.807, 2.05) is 19.3 Å². The van der Waals surface area contributed by atoms with Gasteiger partial charge in [0.2, 0.25) is 0 Å². The van der Waals surface area contributed by atoms with Crippen molar-refractivity contribution in [2.45, 2.75) is 32.7 Å². The second-order valence-corrected chi connectivity index (χ2v) is 4.89. The Morgan fingerprint density at radius 1 is 1.41 bits per heavy atom. The molecule has 1 N–H and O–H groups in total. The van der Waals surface area contributed by atoms with Crippen LogP contribution in [0.5, 0.6) is 0 Å². The van der Waals surface area contributed by atoms with Crippen LogP contribution in [-0.2, 0) is 6.54 Å². The zero-order valence-electron chi connectivity index (χ0n) is 10.9. The van der Waals surface area contributed by atoms with Crippen molar-refractivity contribution in [2.24, 2.45) is 5.92 Å². The number of nitrogens with one attached hydrogen (secondary N) is 1. The zero-order chi connectivity index (χ0) is 12.1. The lowest BCUT2D eigenvalue weighted by atomic mass is 9.94. The van der Waals surface area contributed by atoms with Gasteiger partial charge in [-0.1, -0.05) is 19.4 Å². The maximum absolute atomic E-state index is 4.36. The van der Waals surface area contributed by atoms with Gasteiger partial charge in [-0.25, -0.2) is 4.98 Å². The van der Waals surface area contributed by atoms with E-state index in [-0.39, 0.29) is 0 Å². The Morgan fingerprint density at radius 3 is 2.82 bits per heavy atom. The van der Waals surface area contributed by atoms with Crippen LogP contribution in [-0.4, -0.2) is 30.0 Å². The van der Waals surface area contributed by atoms with Gasteiger partial charge in [-0.3, -0.25) is 4.90 Å². The summed E-state index contributed by atoms with van der Waals surface area (Å²) in [6.45, 7) is 5.80. The highest BCUT2D eigenvalue weighted by molar-refractivity contribution is 5.42. The summed E-state index contributed by atoms with van der Waals surface area (Å²) in [7, 11) is 1.94. The van der Waals surface area contributed by atoms with Crippen molar-refractivity contribution in [3.05, 3.63) is 23.9 Å². The molecule has 0 spiro atoms. The van der Waals surface area contributed by atoms with Crippen LogP contribution in [0.2, 0.25) is 0 Å². The van der Waals surface area contributed by atoms with E-state index in [9.17, 15) is 0 Å². The van der Waals surface area contributed by atoms with Crippen LogP contribution in [0.25, 0.3) is 0 Å². The fourth-order valence-electron chi connectivity index (χ4n) is 2.58. The Balaban J connectivity index is 1.93. The molecule has 0 amide bonds. The van der Waals surface area contributed by atoms with Gasteiger partial charge in [-0.15, -0.1) is 0 Å². The second-order valence-electron chi connectivity index (χ2n) is 4.89. The minimum atomic E-state index is 0.948. The number of pyridine rings is 1. The first-order valence-electron chi connectivity index (χ1n) is 6.67. The molecule has 1 fully saturated rings. The maximum atomic E-state index is 4.36. The number of hydrogen-bond donors (Lipinski definition) is 1. The maximum Gasteiger partial charge on any atom is 0.130 e. The average molecular weight is 233 g/mol. The topological polar surface area (TPSA) is 28.2 Å². The third-order valence-electron chi connectivity index (χ3n) is 3.81. The van der Waals surface area contributed by atoms with Crippen molar-refractivity contribution in [1.29, 1.82) is 0 Å².